The molecule has 154 valence electrons. The topological polar surface area (TPSA) is 80.3 Å². The van der Waals surface area contributed by atoms with Gasteiger partial charge in [0.25, 0.3) is 5.91 Å². The van der Waals surface area contributed by atoms with Gasteiger partial charge in [0.2, 0.25) is 0 Å². The maximum absolute atomic E-state index is 12.4. The van der Waals surface area contributed by atoms with E-state index in [1.165, 1.54) is 22.5 Å². The summed E-state index contributed by atoms with van der Waals surface area (Å²) in [6.45, 7) is 2.17. The molecule has 4 rings (SSSR count). The van der Waals surface area contributed by atoms with Crippen molar-refractivity contribution < 1.29 is 14.3 Å². The number of carbonyl (C=O) groups is 2. The smallest absolute Gasteiger partial charge is 0.358 e. The van der Waals surface area contributed by atoms with Crippen LogP contribution >= 0.6 is 11.3 Å². The predicted octanol–water partition coefficient (Wildman–Crippen LogP) is 4.43. The van der Waals surface area contributed by atoms with E-state index in [1.807, 2.05) is 48.5 Å². The summed E-state index contributed by atoms with van der Waals surface area (Å²) in [5.74, 6) is -0.977. The van der Waals surface area contributed by atoms with Crippen LogP contribution in [0.15, 0.2) is 53.9 Å². The molecule has 0 fully saturated rings. The van der Waals surface area contributed by atoms with Gasteiger partial charge in [-0.2, -0.15) is 0 Å². The molecule has 1 aromatic heterocycles. The number of esters is 1. The number of rotatable bonds is 7. The van der Waals surface area contributed by atoms with Gasteiger partial charge in [0.05, 0.1) is 0 Å². The number of hydrogen-bond acceptors (Lipinski definition) is 6. The van der Waals surface area contributed by atoms with Crippen molar-refractivity contribution in [3.05, 3.63) is 76.3 Å². The minimum absolute atomic E-state index is 0.188. The van der Waals surface area contributed by atoms with E-state index in [-0.39, 0.29) is 11.6 Å². The number of hydrogen-bond donors (Lipinski definition) is 2. The van der Waals surface area contributed by atoms with Gasteiger partial charge in [0.15, 0.2) is 16.9 Å². The van der Waals surface area contributed by atoms with Crippen LogP contribution in [-0.2, 0) is 28.9 Å². The fourth-order valence-corrected chi connectivity index (χ4v) is 4.07. The Balaban J connectivity index is 1.29. The fourth-order valence-electron chi connectivity index (χ4n) is 3.39. The van der Waals surface area contributed by atoms with E-state index in [0.29, 0.717) is 11.7 Å². The first-order chi connectivity index (χ1) is 14.6. The molecule has 1 atom stereocenters. The summed E-state index contributed by atoms with van der Waals surface area (Å²) in [5, 5.41) is 8.26. The number of ether oxygens (including phenoxy) is 1. The Morgan fingerprint density at radius 3 is 2.77 bits per heavy atom. The lowest BCUT2D eigenvalue weighted by atomic mass is 10.1. The molecule has 2 N–H and O–H groups in total. The van der Waals surface area contributed by atoms with Crippen LogP contribution < -0.4 is 10.6 Å². The zero-order valence-corrected chi connectivity index (χ0v) is 17.5. The van der Waals surface area contributed by atoms with Gasteiger partial charge in [0.1, 0.15) is 0 Å². The number of nitrogens with one attached hydrogen (secondary N) is 2. The third kappa shape index (κ3) is 4.86. The highest BCUT2D eigenvalue weighted by molar-refractivity contribution is 7.13. The first-order valence-electron chi connectivity index (χ1n) is 9.95. The van der Waals surface area contributed by atoms with Crippen molar-refractivity contribution >= 4 is 34.0 Å². The number of thiazole rings is 1. The van der Waals surface area contributed by atoms with Crippen molar-refractivity contribution in [3.63, 3.8) is 0 Å². The minimum atomic E-state index is -0.923. The molecule has 0 unspecified atom stereocenters. The van der Waals surface area contributed by atoms with Gasteiger partial charge in [-0.05, 0) is 55.0 Å². The molecule has 0 saturated carbocycles. The van der Waals surface area contributed by atoms with Crippen molar-refractivity contribution in [1.82, 2.24) is 4.98 Å². The predicted molar refractivity (Wildman–Crippen MR) is 118 cm³/mol. The molecule has 6 nitrogen and oxygen atoms in total. The third-order valence-corrected chi connectivity index (χ3v) is 5.82. The molecular weight excluding hydrogens is 398 g/mol. The lowest BCUT2D eigenvalue weighted by molar-refractivity contribution is -0.123. The Bertz CT molecular complexity index is 1050. The van der Waals surface area contributed by atoms with Crippen LogP contribution in [0.3, 0.4) is 0 Å². The molecule has 0 spiro atoms. The average Bonchev–Trinajstić information content (AvgIpc) is 3.42. The van der Waals surface area contributed by atoms with Crippen molar-refractivity contribution in [2.75, 3.05) is 10.6 Å². The van der Waals surface area contributed by atoms with Crippen LogP contribution in [0.5, 0.6) is 0 Å². The second-order valence-corrected chi connectivity index (χ2v) is 8.11. The molecule has 1 aliphatic rings. The van der Waals surface area contributed by atoms with Crippen molar-refractivity contribution in [1.29, 1.82) is 0 Å². The number of benzene rings is 2. The van der Waals surface area contributed by atoms with E-state index in [2.05, 4.69) is 15.6 Å². The van der Waals surface area contributed by atoms with Gasteiger partial charge in [-0.15, -0.1) is 11.3 Å². The van der Waals surface area contributed by atoms with Gasteiger partial charge in [-0.3, -0.25) is 4.79 Å². The minimum Gasteiger partial charge on any atom is -0.448 e. The summed E-state index contributed by atoms with van der Waals surface area (Å²) in [4.78, 5) is 29.1. The SMILES string of the molecule is C[C@@H](OC(=O)c1csc(NCc2ccccc2)n1)C(=O)Nc1ccc2c(c1)CCC2. The number of nitrogens with zero attached hydrogens (tertiary/aromatic N) is 1. The summed E-state index contributed by atoms with van der Waals surface area (Å²) in [6, 6.07) is 15.9. The Labute approximate surface area is 179 Å². The second kappa shape index (κ2) is 9.09. The largest absolute Gasteiger partial charge is 0.448 e. The van der Waals surface area contributed by atoms with E-state index in [9.17, 15) is 9.59 Å². The zero-order chi connectivity index (χ0) is 20.9. The fraction of sp³-hybridized carbons (Fsp3) is 0.261. The quantitative estimate of drug-likeness (QED) is 0.552. The average molecular weight is 422 g/mol. The van der Waals surface area contributed by atoms with Crippen molar-refractivity contribution in [2.24, 2.45) is 0 Å². The molecule has 1 amide bonds. The van der Waals surface area contributed by atoms with Gasteiger partial charge < -0.3 is 15.4 Å². The Morgan fingerprint density at radius 2 is 1.93 bits per heavy atom. The van der Waals surface area contributed by atoms with Crippen molar-refractivity contribution in [3.8, 4) is 0 Å². The molecule has 1 aliphatic carbocycles. The molecule has 0 saturated heterocycles. The molecule has 0 radical (unpaired) electrons. The number of anilines is 2. The molecule has 0 aliphatic heterocycles. The Hall–Kier alpha value is -3.19. The number of aryl methyl sites for hydroxylation is 2. The van der Waals surface area contributed by atoms with E-state index >= 15 is 0 Å². The maximum Gasteiger partial charge on any atom is 0.358 e. The summed E-state index contributed by atoms with van der Waals surface area (Å²) in [6.07, 6.45) is 2.35. The first-order valence-corrected chi connectivity index (χ1v) is 10.8. The standard InChI is InChI=1S/C23H23N3O3S/c1-15(21(27)25-19-11-10-17-8-5-9-18(17)12-19)29-22(28)20-14-30-23(26-20)24-13-16-6-3-2-4-7-16/h2-4,6-7,10-12,14-15H,5,8-9,13H2,1H3,(H,24,26)(H,25,27)/t15-/m1/s1. The molecule has 7 heteroatoms. The molecular formula is C23H23N3O3S. The summed E-state index contributed by atoms with van der Waals surface area (Å²) in [7, 11) is 0. The normalized spacial score (nSPS) is 13.4. The molecule has 3 aromatic rings. The lowest BCUT2D eigenvalue weighted by Crippen LogP contribution is -2.30. The Morgan fingerprint density at radius 1 is 1.13 bits per heavy atom. The van der Waals surface area contributed by atoms with Crippen molar-refractivity contribution in [2.45, 2.75) is 38.8 Å². The highest BCUT2D eigenvalue weighted by atomic mass is 32.1. The van der Waals surface area contributed by atoms with Gasteiger partial charge in [-0.25, -0.2) is 9.78 Å². The monoisotopic (exact) mass is 421 g/mol. The highest BCUT2D eigenvalue weighted by Crippen LogP contribution is 2.25. The summed E-state index contributed by atoms with van der Waals surface area (Å²) in [5.41, 5.74) is 4.65. The summed E-state index contributed by atoms with van der Waals surface area (Å²) >= 11 is 1.32. The second-order valence-electron chi connectivity index (χ2n) is 7.25. The van der Waals surface area contributed by atoms with Gasteiger partial charge in [0, 0.05) is 17.6 Å². The van der Waals surface area contributed by atoms with Gasteiger partial charge in [-0.1, -0.05) is 36.4 Å². The molecule has 30 heavy (non-hydrogen) atoms. The number of amides is 1. The summed E-state index contributed by atoms with van der Waals surface area (Å²) < 4.78 is 5.30. The third-order valence-electron chi connectivity index (χ3n) is 5.02. The van der Waals surface area contributed by atoms with Crippen LogP contribution in [0.4, 0.5) is 10.8 Å². The van der Waals surface area contributed by atoms with Crippen LogP contribution in [0.1, 0.15) is 40.5 Å². The van der Waals surface area contributed by atoms with E-state index in [0.717, 1.165) is 30.5 Å². The Kier molecular flexibility index (Phi) is 6.09. The van der Waals surface area contributed by atoms with Gasteiger partial charge >= 0.3 is 5.97 Å². The van der Waals surface area contributed by atoms with Crippen LogP contribution in [-0.4, -0.2) is 23.0 Å². The van der Waals surface area contributed by atoms with E-state index < -0.39 is 12.1 Å². The molecule has 1 heterocycles. The first kappa shape index (κ1) is 20.1. The maximum atomic E-state index is 12.4. The number of aromatic nitrogens is 1. The lowest BCUT2D eigenvalue weighted by Gasteiger charge is -2.13. The number of fused-ring (bicyclic) bond motifs is 1. The molecule has 2 aromatic carbocycles. The zero-order valence-electron chi connectivity index (χ0n) is 16.7. The van der Waals surface area contributed by atoms with Crippen LogP contribution in [0.2, 0.25) is 0 Å². The van der Waals surface area contributed by atoms with E-state index in [1.54, 1.807) is 12.3 Å². The van der Waals surface area contributed by atoms with Crippen LogP contribution in [0, 0.1) is 0 Å². The number of carbonyl (C=O) groups excluding carboxylic acids is 2. The van der Waals surface area contributed by atoms with E-state index in [4.69, 9.17) is 4.74 Å². The molecule has 0 bridgehead atoms. The highest BCUT2D eigenvalue weighted by Gasteiger charge is 2.21. The van der Waals surface area contributed by atoms with Crippen LogP contribution in [0.25, 0.3) is 0 Å².